The van der Waals surface area contributed by atoms with Crippen LogP contribution in [0.2, 0.25) is 0 Å². The van der Waals surface area contributed by atoms with Crippen molar-refractivity contribution < 1.29 is 19.4 Å². The molecule has 3 rings (SSSR count). The number of hydrogen-bond donors (Lipinski definition) is 2. The number of aliphatic hydroxyl groups is 1. The SMILES string of the molecule is CCO[C@@H]1C[C@@H](O)C12CCN(C(=O)CNC[C@@H]1CCCO1)CC2. The minimum atomic E-state index is -0.269. The number of amides is 1. The Hall–Kier alpha value is -0.690. The first kappa shape index (κ1) is 17.1. The van der Waals surface area contributed by atoms with Gasteiger partial charge < -0.3 is 24.8 Å². The van der Waals surface area contributed by atoms with Crippen LogP contribution in [0.3, 0.4) is 0 Å². The van der Waals surface area contributed by atoms with Crippen LogP contribution in [0.25, 0.3) is 0 Å². The van der Waals surface area contributed by atoms with E-state index < -0.39 is 0 Å². The molecular weight excluding hydrogens is 296 g/mol. The monoisotopic (exact) mass is 326 g/mol. The molecule has 0 bridgehead atoms. The molecule has 1 spiro atoms. The van der Waals surface area contributed by atoms with Gasteiger partial charge in [0.05, 0.1) is 24.9 Å². The van der Waals surface area contributed by atoms with Crippen LogP contribution in [0.15, 0.2) is 0 Å². The molecule has 3 atom stereocenters. The summed E-state index contributed by atoms with van der Waals surface area (Å²) in [4.78, 5) is 14.2. The molecule has 2 N–H and O–H groups in total. The van der Waals surface area contributed by atoms with Crippen molar-refractivity contribution in [3.8, 4) is 0 Å². The zero-order valence-corrected chi connectivity index (χ0v) is 14.1. The summed E-state index contributed by atoms with van der Waals surface area (Å²) in [6, 6.07) is 0. The Bertz CT molecular complexity index is 401. The largest absolute Gasteiger partial charge is 0.392 e. The third-order valence-electron chi connectivity index (χ3n) is 5.83. The van der Waals surface area contributed by atoms with Crippen LogP contribution in [-0.4, -0.2) is 73.6 Å². The van der Waals surface area contributed by atoms with Crippen molar-refractivity contribution in [2.45, 2.75) is 57.3 Å². The topological polar surface area (TPSA) is 71.0 Å². The summed E-state index contributed by atoms with van der Waals surface area (Å²) in [6.07, 6.45) is 4.80. The number of carbonyl (C=O) groups is 1. The fourth-order valence-electron chi connectivity index (χ4n) is 4.25. The van der Waals surface area contributed by atoms with Crippen LogP contribution in [0, 0.1) is 5.41 Å². The molecular formula is C17H30N2O4. The Morgan fingerprint density at radius 1 is 1.43 bits per heavy atom. The number of ether oxygens (including phenoxy) is 2. The number of likely N-dealkylation sites (tertiary alicyclic amines) is 1. The summed E-state index contributed by atoms with van der Waals surface area (Å²) >= 11 is 0. The molecule has 6 nitrogen and oxygen atoms in total. The molecule has 3 fully saturated rings. The summed E-state index contributed by atoms with van der Waals surface area (Å²) in [6.45, 7) is 6.12. The molecule has 6 heteroatoms. The average Bonchev–Trinajstić information content (AvgIpc) is 3.08. The molecule has 3 aliphatic rings. The van der Waals surface area contributed by atoms with E-state index in [9.17, 15) is 9.90 Å². The van der Waals surface area contributed by atoms with Crippen LogP contribution >= 0.6 is 0 Å². The lowest BCUT2D eigenvalue weighted by Crippen LogP contribution is -2.63. The van der Waals surface area contributed by atoms with E-state index in [2.05, 4.69) is 5.32 Å². The highest BCUT2D eigenvalue weighted by atomic mass is 16.5. The fraction of sp³-hybridized carbons (Fsp3) is 0.941. The second-order valence-electron chi connectivity index (χ2n) is 7.08. The highest BCUT2D eigenvalue weighted by molar-refractivity contribution is 5.78. The molecule has 1 amide bonds. The average molecular weight is 326 g/mol. The molecule has 132 valence electrons. The summed E-state index contributed by atoms with van der Waals surface area (Å²) in [7, 11) is 0. The van der Waals surface area contributed by atoms with Gasteiger partial charge in [-0.15, -0.1) is 0 Å². The molecule has 2 aliphatic heterocycles. The molecule has 1 aliphatic carbocycles. The first-order valence-electron chi connectivity index (χ1n) is 9.05. The minimum absolute atomic E-state index is 0.113. The Labute approximate surface area is 138 Å². The van der Waals surface area contributed by atoms with E-state index >= 15 is 0 Å². The van der Waals surface area contributed by atoms with Crippen molar-refractivity contribution in [3.63, 3.8) is 0 Å². The van der Waals surface area contributed by atoms with Crippen molar-refractivity contribution in [1.82, 2.24) is 10.2 Å². The molecule has 0 aromatic rings. The lowest BCUT2D eigenvalue weighted by Gasteiger charge is -2.56. The van der Waals surface area contributed by atoms with Gasteiger partial charge in [-0.05, 0) is 32.6 Å². The third-order valence-corrected chi connectivity index (χ3v) is 5.83. The Kier molecular flexibility index (Phi) is 5.57. The lowest BCUT2D eigenvalue weighted by atomic mass is 9.58. The molecule has 0 radical (unpaired) electrons. The van der Waals surface area contributed by atoms with Crippen LogP contribution in [0.5, 0.6) is 0 Å². The minimum Gasteiger partial charge on any atom is -0.392 e. The van der Waals surface area contributed by atoms with Gasteiger partial charge in [-0.1, -0.05) is 0 Å². The van der Waals surface area contributed by atoms with Crippen LogP contribution in [0.1, 0.15) is 39.0 Å². The van der Waals surface area contributed by atoms with E-state index in [-0.39, 0.29) is 29.6 Å². The van der Waals surface area contributed by atoms with Crippen molar-refractivity contribution in [1.29, 1.82) is 0 Å². The van der Waals surface area contributed by atoms with Crippen LogP contribution < -0.4 is 5.32 Å². The molecule has 0 aromatic heterocycles. The van der Waals surface area contributed by atoms with Gasteiger partial charge in [0.2, 0.25) is 5.91 Å². The highest BCUT2D eigenvalue weighted by Gasteiger charge is 2.56. The maximum atomic E-state index is 12.3. The van der Waals surface area contributed by atoms with Gasteiger partial charge in [-0.2, -0.15) is 0 Å². The van der Waals surface area contributed by atoms with Gasteiger partial charge in [-0.25, -0.2) is 0 Å². The smallest absolute Gasteiger partial charge is 0.236 e. The normalized spacial score (nSPS) is 33.0. The Morgan fingerprint density at radius 3 is 2.83 bits per heavy atom. The number of aliphatic hydroxyl groups excluding tert-OH is 1. The van der Waals surface area contributed by atoms with E-state index in [1.165, 1.54) is 0 Å². The third kappa shape index (κ3) is 3.55. The van der Waals surface area contributed by atoms with Gasteiger partial charge in [0, 0.05) is 44.7 Å². The zero-order chi connectivity index (χ0) is 16.3. The highest BCUT2D eigenvalue weighted by Crippen LogP contribution is 2.50. The predicted octanol–water partition coefficient (Wildman–Crippen LogP) is 0.534. The van der Waals surface area contributed by atoms with Crippen LogP contribution in [0.4, 0.5) is 0 Å². The summed E-state index contributed by atoms with van der Waals surface area (Å²) in [5.74, 6) is 0.152. The Morgan fingerprint density at radius 2 is 2.22 bits per heavy atom. The molecule has 2 heterocycles. The molecule has 1 saturated carbocycles. The Balaban J connectivity index is 1.40. The number of rotatable bonds is 6. The molecule has 0 aromatic carbocycles. The summed E-state index contributed by atoms with van der Waals surface area (Å²) in [5.41, 5.74) is -0.113. The standard InChI is InChI=1S/C17H30N2O4/c1-2-22-15-10-14(20)17(15)5-7-19(8-6-17)16(21)12-18-11-13-4-3-9-23-13/h13-15,18,20H,2-12H2,1H3/t13-,14+,15+/m0/s1. The number of hydrogen-bond acceptors (Lipinski definition) is 5. The van der Waals surface area contributed by atoms with E-state index in [1.54, 1.807) is 0 Å². The maximum Gasteiger partial charge on any atom is 0.236 e. The van der Waals surface area contributed by atoms with E-state index in [1.807, 2.05) is 11.8 Å². The molecule has 0 unspecified atom stereocenters. The molecule has 2 saturated heterocycles. The van der Waals surface area contributed by atoms with Gasteiger partial charge >= 0.3 is 0 Å². The van der Waals surface area contributed by atoms with E-state index in [0.29, 0.717) is 13.2 Å². The first-order chi connectivity index (χ1) is 11.2. The summed E-state index contributed by atoms with van der Waals surface area (Å²) in [5, 5.41) is 13.4. The van der Waals surface area contributed by atoms with Crippen molar-refractivity contribution in [2.75, 3.05) is 39.4 Å². The van der Waals surface area contributed by atoms with E-state index in [4.69, 9.17) is 9.47 Å². The zero-order valence-electron chi connectivity index (χ0n) is 14.1. The van der Waals surface area contributed by atoms with Crippen molar-refractivity contribution in [3.05, 3.63) is 0 Å². The molecule has 23 heavy (non-hydrogen) atoms. The number of piperidine rings is 1. The van der Waals surface area contributed by atoms with Gasteiger partial charge in [-0.3, -0.25) is 4.79 Å². The summed E-state index contributed by atoms with van der Waals surface area (Å²) < 4.78 is 11.3. The van der Waals surface area contributed by atoms with Crippen molar-refractivity contribution >= 4 is 5.91 Å². The number of carbonyl (C=O) groups excluding carboxylic acids is 1. The fourth-order valence-corrected chi connectivity index (χ4v) is 4.25. The van der Waals surface area contributed by atoms with Gasteiger partial charge in [0.15, 0.2) is 0 Å². The van der Waals surface area contributed by atoms with Gasteiger partial charge in [0.25, 0.3) is 0 Å². The second kappa shape index (κ2) is 7.47. The second-order valence-corrected chi connectivity index (χ2v) is 7.08. The lowest BCUT2D eigenvalue weighted by molar-refractivity contribution is -0.209. The maximum absolute atomic E-state index is 12.3. The predicted molar refractivity (Wildman–Crippen MR) is 86.1 cm³/mol. The quantitative estimate of drug-likeness (QED) is 0.745. The first-order valence-corrected chi connectivity index (χ1v) is 9.05. The van der Waals surface area contributed by atoms with Crippen molar-refractivity contribution in [2.24, 2.45) is 5.41 Å². The van der Waals surface area contributed by atoms with Gasteiger partial charge in [0.1, 0.15) is 0 Å². The van der Waals surface area contributed by atoms with E-state index in [0.717, 1.165) is 58.3 Å². The number of nitrogens with zero attached hydrogens (tertiary/aromatic N) is 1. The number of nitrogens with one attached hydrogen (secondary N) is 1. The van der Waals surface area contributed by atoms with Crippen LogP contribution in [-0.2, 0) is 14.3 Å².